The molecule has 0 aliphatic rings. The van der Waals surface area contributed by atoms with Crippen LogP contribution in [-0.2, 0) is 0 Å². The van der Waals surface area contributed by atoms with Gasteiger partial charge in [0.05, 0.1) is 11.2 Å². The van der Waals surface area contributed by atoms with Crippen molar-refractivity contribution in [1.29, 1.82) is 0 Å². The minimum atomic E-state index is 0.822. The summed E-state index contributed by atoms with van der Waals surface area (Å²) in [5, 5.41) is 1.16. The molecule has 0 N–H and O–H groups in total. The molecule has 2 heteroatoms. The zero-order valence-electron chi connectivity index (χ0n) is 13.3. The Morgan fingerprint density at radius 3 is 2.14 bits per heavy atom. The Hall–Kier alpha value is -2.22. The number of nitrogens with zero attached hydrogens (tertiary/aromatic N) is 2. The monoisotopic (exact) mass is 276 g/mol. The first-order valence-corrected chi connectivity index (χ1v) is 7.29. The van der Waals surface area contributed by atoms with E-state index >= 15 is 0 Å². The summed E-state index contributed by atoms with van der Waals surface area (Å²) in [6.45, 7) is 10.5. The van der Waals surface area contributed by atoms with Gasteiger partial charge in [0.1, 0.15) is 5.82 Å². The van der Waals surface area contributed by atoms with Crippen molar-refractivity contribution in [3.63, 3.8) is 0 Å². The second-order valence-electron chi connectivity index (χ2n) is 5.91. The molecule has 1 aromatic heterocycles. The summed E-state index contributed by atoms with van der Waals surface area (Å²) in [7, 11) is 0. The van der Waals surface area contributed by atoms with Crippen molar-refractivity contribution in [2.45, 2.75) is 34.6 Å². The highest BCUT2D eigenvalue weighted by molar-refractivity contribution is 5.95. The SMILES string of the molecule is Cc1ccc(-c2nc(C)nc3cc(C)cc(C)c23)c(C)c1. The molecule has 0 atom stereocenters. The van der Waals surface area contributed by atoms with E-state index in [0.29, 0.717) is 0 Å². The maximum Gasteiger partial charge on any atom is 0.126 e. The van der Waals surface area contributed by atoms with Crippen molar-refractivity contribution >= 4 is 10.9 Å². The summed E-state index contributed by atoms with van der Waals surface area (Å²) in [6, 6.07) is 10.9. The smallest absolute Gasteiger partial charge is 0.126 e. The maximum absolute atomic E-state index is 4.74. The van der Waals surface area contributed by atoms with Crippen LogP contribution in [0.5, 0.6) is 0 Å². The molecule has 2 aromatic carbocycles. The molecule has 0 radical (unpaired) electrons. The van der Waals surface area contributed by atoms with Crippen LogP contribution in [0.25, 0.3) is 22.2 Å². The van der Waals surface area contributed by atoms with Gasteiger partial charge in [0.15, 0.2) is 0 Å². The van der Waals surface area contributed by atoms with Crippen molar-refractivity contribution in [3.8, 4) is 11.3 Å². The fourth-order valence-electron chi connectivity index (χ4n) is 3.03. The van der Waals surface area contributed by atoms with E-state index in [1.165, 1.54) is 27.8 Å². The second kappa shape index (κ2) is 4.96. The van der Waals surface area contributed by atoms with E-state index in [-0.39, 0.29) is 0 Å². The van der Waals surface area contributed by atoms with Crippen molar-refractivity contribution < 1.29 is 0 Å². The Kier molecular flexibility index (Phi) is 3.25. The van der Waals surface area contributed by atoms with Gasteiger partial charge in [-0.2, -0.15) is 0 Å². The first kappa shape index (κ1) is 13.7. The van der Waals surface area contributed by atoms with Crippen LogP contribution in [0.15, 0.2) is 30.3 Å². The Balaban J connectivity index is 2.41. The number of rotatable bonds is 1. The number of aryl methyl sites for hydroxylation is 5. The molecule has 2 nitrogen and oxygen atoms in total. The fraction of sp³-hybridized carbons (Fsp3) is 0.263. The summed E-state index contributed by atoms with van der Waals surface area (Å²) < 4.78 is 0. The fourth-order valence-corrected chi connectivity index (χ4v) is 3.03. The number of fused-ring (bicyclic) bond motifs is 1. The summed E-state index contributed by atoms with van der Waals surface area (Å²) in [4.78, 5) is 9.36. The lowest BCUT2D eigenvalue weighted by Crippen LogP contribution is -1.98. The van der Waals surface area contributed by atoms with Crippen LogP contribution in [0.3, 0.4) is 0 Å². The van der Waals surface area contributed by atoms with E-state index in [0.717, 1.165) is 22.4 Å². The lowest BCUT2D eigenvalue weighted by Gasteiger charge is -2.13. The molecule has 106 valence electrons. The van der Waals surface area contributed by atoms with Crippen LogP contribution >= 0.6 is 0 Å². The van der Waals surface area contributed by atoms with Gasteiger partial charge < -0.3 is 0 Å². The van der Waals surface area contributed by atoms with E-state index in [1.54, 1.807) is 0 Å². The van der Waals surface area contributed by atoms with Gasteiger partial charge in [-0.05, 0) is 57.4 Å². The highest BCUT2D eigenvalue weighted by atomic mass is 14.9. The molecule has 0 saturated carbocycles. The van der Waals surface area contributed by atoms with Gasteiger partial charge in [-0.25, -0.2) is 9.97 Å². The molecule has 1 heterocycles. The minimum absolute atomic E-state index is 0.822. The normalized spacial score (nSPS) is 11.1. The number of hydrogen-bond donors (Lipinski definition) is 0. The quantitative estimate of drug-likeness (QED) is 0.635. The molecule has 3 rings (SSSR count). The third-order valence-corrected chi connectivity index (χ3v) is 3.89. The van der Waals surface area contributed by atoms with Crippen LogP contribution in [0.1, 0.15) is 28.1 Å². The van der Waals surface area contributed by atoms with E-state index in [1.807, 2.05) is 6.92 Å². The van der Waals surface area contributed by atoms with Crippen molar-refractivity contribution in [2.24, 2.45) is 0 Å². The highest BCUT2D eigenvalue weighted by Crippen LogP contribution is 2.31. The molecule has 3 aromatic rings. The zero-order valence-corrected chi connectivity index (χ0v) is 13.3. The summed E-state index contributed by atoms with van der Waals surface area (Å²) >= 11 is 0. The van der Waals surface area contributed by atoms with Gasteiger partial charge >= 0.3 is 0 Å². The first-order valence-electron chi connectivity index (χ1n) is 7.29. The molecular weight excluding hydrogens is 256 g/mol. The number of benzene rings is 2. The van der Waals surface area contributed by atoms with Crippen LogP contribution in [-0.4, -0.2) is 9.97 Å². The molecule has 0 aliphatic heterocycles. The third kappa shape index (κ3) is 2.42. The lowest BCUT2D eigenvalue weighted by molar-refractivity contribution is 1.09. The van der Waals surface area contributed by atoms with Crippen molar-refractivity contribution in [2.75, 3.05) is 0 Å². The van der Waals surface area contributed by atoms with E-state index < -0.39 is 0 Å². The molecule has 0 amide bonds. The second-order valence-corrected chi connectivity index (χ2v) is 5.91. The van der Waals surface area contributed by atoms with Gasteiger partial charge in [0, 0.05) is 10.9 Å². The first-order chi connectivity index (χ1) is 9.95. The highest BCUT2D eigenvalue weighted by Gasteiger charge is 2.13. The number of aromatic nitrogens is 2. The van der Waals surface area contributed by atoms with Crippen LogP contribution in [0.2, 0.25) is 0 Å². The lowest BCUT2D eigenvalue weighted by atomic mass is 9.97. The van der Waals surface area contributed by atoms with Crippen LogP contribution < -0.4 is 0 Å². The standard InChI is InChI=1S/C19H20N2/c1-11-6-7-16(13(3)8-11)19-18-14(4)9-12(2)10-17(18)20-15(5)21-19/h6-10H,1-5H3. The molecule has 0 spiro atoms. The average molecular weight is 276 g/mol. The van der Waals surface area contributed by atoms with Crippen LogP contribution in [0.4, 0.5) is 0 Å². The van der Waals surface area contributed by atoms with Crippen molar-refractivity contribution in [3.05, 3.63) is 58.4 Å². The largest absolute Gasteiger partial charge is 0.233 e. The molecule has 0 bridgehead atoms. The Labute approximate surface area is 125 Å². The zero-order chi connectivity index (χ0) is 15.1. The molecule has 0 fully saturated rings. The van der Waals surface area contributed by atoms with Crippen molar-refractivity contribution in [1.82, 2.24) is 9.97 Å². The maximum atomic E-state index is 4.74. The molecular formula is C19H20N2. The molecule has 0 unspecified atom stereocenters. The van der Waals surface area contributed by atoms with E-state index in [2.05, 4.69) is 63.0 Å². The Morgan fingerprint density at radius 2 is 1.43 bits per heavy atom. The van der Waals surface area contributed by atoms with Gasteiger partial charge in [0.25, 0.3) is 0 Å². The third-order valence-electron chi connectivity index (χ3n) is 3.89. The van der Waals surface area contributed by atoms with Gasteiger partial charge in [-0.3, -0.25) is 0 Å². The molecule has 0 aliphatic carbocycles. The summed E-state index contributed by atoms with van der Waals surface area (Å²) in [6.07, 6.45) is 0. The predicted molar refractivity (Wildman–Crippen MR) is 88.7 cm³/mol. The Morgan fingerprint density at radius 1 is 0.714 bits per heavy atom. The predicted octanol–water partition coefficient (Wildman–Crippen LogP) is 4.84. The molecule has 21 heavy (non-hydrogen) atoms. The minimum Gasteiger partial charge on any atom is -0.233 e. The van der Waals surface area contributed by atoms with Gasteiger partial charge in [-0.15, -0.1) is 0 Å². The summed E-state index contributed by atoms with van der Waals surface area (Å²) in [5.41, 5.74) is 8.29. The van der Waals surface area contributed by atoms with E-state index in [4.69, 9.17) is 4.98 Å². The van der Waals surface area contributed by atoms with Gasteiger partial charge in [-0.1, -0.05) is 29.8 Å². The van der Waals surface area contributed by atoms with Crippen LogP contribution in [0, 0.1) is 34.6 Å². The average Bonchev–Trinajstić information content (AvgIpc) is 2.36. The van der Waals surface area contributed by atoms with E-state index in [9.17, 15) is 0 Å². The topological polar surface area (TPSA) is 25.8 Å². The van der Waals surface area contributed by atoms with Gasteiger partial charge in [0.2, 0.25) is 0 Å². The molecule has 0 saturated heterocycles. The summed E-state index contributed by atoms with van der Waals surface area (Å²) in [5.74, 6) is 0.822. The Bertz CT molecular complexity index is 843. The number of hydrogen-bond acceptors (Lipinski definition) is 2.